The van der Waals surface area contributed by atoms with Gasteiger partial charge >= 0.3 is 5.97 Å². The van der Waals surface area contributed by atoms with Crippen LogP contribution >= 0.6 is 0 Å². The molecule has 126 valence electrons. The van der Waals surface area contributed by atoms with Gasteiger partial charge in [0.1, 0.15) is 0 Å². The average Bonchev–Trinajstić information content (AvgIpc) is 2.92. The number of carboxylic acid groups (broad SMARTS) is 1. The Labute approximate surface area is 130 Å². The first kappa shape index (κ1) is 18.6. The molecular weight excluding hydrogens is 310 g/mol. The minimum Gasteiger partial charge on any atom is -0.479 e. The Bertz CT molecular complexity index is 584. The van der Waals surface area contributed by atoms with Gasteiger partial charge in [-0.2, -0.15) is 0 Å². The van der Waals surface area contributed by atoms with Crippen molar-refractivity contribution in [3.63, 3.8) is 0 Å². The van der Waals surface area contributed by atoms with Crippen LogP contribution in [0.2, 0.25) is 0 Å². The third kappa shape index (κ3) is 5.08. The number of aliphatic hydroxyl groups excluding tert-OH is 1. The molecule has 1 aromatic heterocycles. The first-order chi connectivity index (χ1) is 10.3. The third-order valence-electron chi connectivity index (χ3n) is 3.18. The second-order valence-electron chi connectivity index (χ2n) is 5.10. The number of aliphatic hydroxyl groups is 1. The summed E-state index contributed by atoms with van der Waals surface area (Å²) in [6.45, 7) is 4.49. The molecule has 0 amide bonds. The molecule has 0 aliphatic carbocycles. The monoisotopic (exact) mass is 333 g/mol. The second-order valence-corrected chi connectivity index (χ2v) is 6.76. The number of nitrogens with zero attached hydrogens (tertiary/aromatic N) is 2. The van der Waals surface area contributed by atoms with E-state index in [-0.39, 0.29) is 11.4 Å². The van der Waals surface area contributed by atoms with E-state index in [0.717, 1.165) is 12.8 Å². The predicted octanol–water partition coefficient (Wildman–Crippen LogP) is 0.576. The van der Waals surface area contributed by atoms with Gasteiger partial charge in [-0.1, -0.05) is 26.7 Å². The molecule has 0 saturated carbocycles. The maximum atomic E-state index is 12.3. The van der Waals surface area contributed by atoms with Crippen molar-refractivity contribution in [2.45, 2.75) is 63.2 Å². The molecule has 0 radical (unpaired) electrons. The highest BCUT2D eigenvalue weighted by molar-refractivity contribution is 7.89. The zero-order valence-corrected chi connectivity index (χ0v) is 13.6. The number of imidazole rings is 1. The lowest BCUT2D eigenvalue weighted by atomic mass is 10.1. The molecule has 0 bridgehead atoms. The molecule has 3 N–H and O–H groups in total. The Morgan fingerprint density at radius 3 is 2.64 bits per heavy atom. The lowest BCUT2D eigenvalue weighted by Crippen LogP contribution is -2.46. The third-order valence-corrected chi connectivity index (χ3v) is 4.55. The van der Waals surface area contributed by atoms with E-state index in [0.29, 0.717) is 13.0 Å². The fourth-order valence-electron chi connectivity index (χ4n) is 2.00. The fraction of sp³-hybridized carbons (Fsp3) is 0.692. The van der Waals surface area contributed by atoms with E-state index >= 15 is 0 Å². The van der Waals surface area contributed by atoms with Crippen LogP contribution in [0.15, 0.2) is 17.6 Å². The van der Waals surface area contributed by atoms with E-state index in [1.54, 1.807) is 4.57 Å². The lowest BCUT2D eigenvalue weighted by Gasteiger charge is -2.20. The van der Waals surface area contributed by atoms with Gasteiger partial charge in [-0.25, -0.2) is 22.9 Å². The van der Waals surface area contributed by atoms with Crippen LogP contribution in [0.1, 0.15) is 39.5 Å². The van der Waals surface area contributed by atoms with Crippen molar-refractivity contribution in [1.29, 1.82) is 0 Å². The summed E-state index contributed by atoms with van der Waals surface area (Å²) >= 11 is 0. The van der Waals surface area contributed by atoms with Crippen LogP contribution in [-0.2, 0) is 21.4 Å². The van der Waals surface area contributed by atoms with Crippen molar-refractivity contribution in [3.8, 4) is 0 Å². The maximum Gasteiger partial charge on any atom is 0.334 e. The van der Waals surface area contributed by atoms with E-state index < -0.39 is 28.1 Å². The normalized spacial score (nSPS) is 14.7. The van der Waals surface area contributed by atoms with Gasteiger partial charge in [0.15, 0.2) is 11.1 Å². The van der Waals surface area contributed by atoms with E-state index in [1.165, 1.54) is 12.5 Å². The van der Waals surface area contributed by atoms with Gasteiger partial charge in [-0.05, 0) is 12.8 Å². The highest BCUT2D eigenvalue weighted by Crippen LogP contribution is 2.12. The van der Waals surface area contributed by atoms with Crippen LogP contribution in [0.25, 0.3) is 0 Å². The zero-order chi connectivity index (χ0) is 16.8. The molecule has 1 heterocycles. The topological polar surface area (TPSA) is 122 Å². The van der Waals surface area contributed by atoms with Gasteiger partial charge in [0.2, 0.25) is 0 Å². The summed E-state index contributed by atoms with van der Waals surface area (Å²) in [5, 5.41) is 18.4. The van der Waals surface area contributed by atoms with E-state index in [4.69, 9.17) is 5.11 Å². The lowest BCUT2D eigenvalue weighted by molar-refractivity contribution is -0.148. The number of unbranched alkanes of at least 4 members (excludes halogenated alkanes) is 1. The number of carbonyl (C=O) groups is 1. The molecular formula is C13H23N3O5S. The number of rotatable bonds is 10. The smallest absolute Gasteiger partial charge is 0.334 e. The standard InChI is InChI=1S/C13H23N3O5S/c1-3-5-6-10(12(17)13(18)19)15-22(20,21)11-8-16(7-4-2)9-14-11/h8-10,12,15,17H,3-7H2,1-2H3,(H,18,19). The van der Waals surface area contributed by atoms with E-state index in [9.17, 15) is 18.3 Å². The number of sulfonamides is 1. The molecule has 0 fully saturated rings. The number of aromatic nitrogens is 2. The number of aliphatic carboxylic acids is 1. The van der Waals surface area contributed by atoms with Gasteiger partial charge in [0, 0.05) is 12.7 Å². The van der Waals surface area contributed by atoms with Crippen LogP contribution in [0.3, 0.4) is 0 Å². The highest BCUT2D eigenvalue weighted by Gasteiger charge is 2.30. The molecule has 9 heteroatoms. The summed E-state index contributed by atoms with van der Waals surface area (Å²) in [7, 11) is -3.97. The molecule has 0 saturated heterocycles. The van der Waals surface area contributed by atoms with E-state index in [1.807, 2.05) is 13.8 Å². The van der Waals surface area contributed by atoms with Crippen molar-refractivity contribution in [2.75, 3.05) is 0 Å². The van der Waals surface area contributed by atoms with Gasteiger partial charge in [0.25, 0.3) is 10.0 Å². The van der Waals surface area contributed by atoms with Crippen LogP contribution < -0.4 is 4.72 Å². The van der Waals surface area contributed by atoms with Crippen LogP contribution in [0, 0.1) is 0 Å². The molecule has 2 unspecified atom stereocenters. The molecule has 0 aliphatic heterocycles. The predicted molar refractivity (Wildman–Crippen MR) is 79.8 cm³/mol. The van der Waals surface area contributed by atoms with Crippen molar-refractivity contribution >= 4 is 16.0 Å². The Balaban J connectivity index is 2.90. The summed E-state index contributed by atoms with van der Waals surface area (Å²) in [5.41, 5.74) is 0. The van der Waals surface area contributed by atoms with E-state index in [2.05, 4.69) is 9.71 Å². The van der Waals surface area contributed by atoms with Crippen molar-refractivity contribution in [1.82, 2.24) is 14.3 Å². The Kier molecular flexibility index (Phi) is 6.98. The molecule has 0 aliphatic rings. The highest BCUT2D eigenvalue weighted by atomic mass is 32.2. The summed E-state index contributed by atoms with van der Waals surface area (Å²) in [5.74, 6) is -1.46. The zero-order valence-electron chi connectivity index (χ0n) is 12.8. The summed E-state index contributed by atoms with van der Waals surface area (Å²) in [6.07, 6.45) is 3.43. The number of hydrogen-bond acceptors (Lipinski definition) is 5. The van der Waals surface area contributed by atoms with Crippen molar-refractivity contribution in [3.05, 3.63) is 12.5 Å². The number of aryl methyl sites for hydroxylation is 1. The molecule has 0 spiro atoms. The molecule has 1 aromatic rings. The summed E-state index contributed by atoms with van der Waals surface area (Å²) in [4.78, 5) is 14.7. The summed E-state index contributed by atoms with van der Waals surface area (Å²) in [6, 6.07) is -1.08. The quantitative estimate of drug-likeness (QED) is 0.576. The van der Waals surface area contributed by atoms with Crippen LogP contribution in [0.4, 0.5) is 0 Å². The molecule has 8 nitrogen and oxygen atoms in total. The fourth-order valence-corrected chi connectivity index (χ4v) is 3.22. The largest absolute Gasteiger partial charge is 0.479 e. The second kappa shape index (κ2) is 8.25. The minimum absolute atomic E-state index is 0.181. The van der Waals surface area contributed by atoms with Crippen LogP contribution in [0.5, 0.6) is 0 Å². The molecule has 1 rings (SSSR count). The summed E-state index contributed by atoms with van der Waals surface area (Å²) < 4.78 is 28.4. The Morgan fingerprint density at radius 2 is 2.09 bits per heavy atom. The van der Waals surface area contributed by atoms with Gasteiger partial charge in [-0.15, -0.1) is 0 Å². The first-order valence-electron chi connectivity index (χ1n) is 7.26. The van der Waals surface area contributed by atoms with Gasteiger partial charge in [0.05, 0.1) is 12.4 Å². The molecule has 2 atom stereocenters. The molecule has 22 heavy (non-hydrogen) atoms. The van der Waals surface area contributed by atoms with Crippen LogP contribution in [-0.4, -0.2) is 46.3 Å². The van der Waals surface area contributed by atoms with Gasteiger partial charge in [-0.3, -0.25) is 0 Å². The maximum absolute atomic E-state index is 12.3. The van der Waals surface area contributed by atoms with Crippen molar-refractivity contribution in [2.24, 2.45) is 0 Å². The minimum atomic E-state index is -3.97. The number of carboxylic acids is 1. The Hall–Kier alpha value is -1.45. The molecule has 0 aromatic carbocycles. The Morgan fingerprint density at radius 1 is 1.41 bits per heavy atom. The van der Waals surface area contributed by atoms with Crippen molar-refractivity contribution < 1.29 is 23.4 Å². The number of nitrogens with one attached hydrogen (secondary N) is 1. The van der Waals surface area contributed by atoms with Gasteiger partial charge < -0.3 is 14.8 Å². The average molecular weight is 333 g/mol. The SMILES string of the molecule is CCCCC(NS(=O)(=O)c1cn(CCC)cn1)C(O)C(=O)O. The first-order valence-corrected chi connectivity index (χ1v) is 8.75. The number of hydrogen-bond donors (Lipinski definition) is 3.